The summed E-state index contributed by atoms with van der Waals surface area (Å²) in [7, 11) is 0. The topological polar surface area (TPSA) is 125 Å². The third kappa shape index (κ3) is 5.18. The van der Waals surface area contributed by atoms with Crippen LogP contribution in [-0.2, 0) is 4.79 Å². The van der Waals surface area contributed by atoms with Crippen LogP contribution in [0.5, 0.6) is 5.75 Å². The molecular formula is C24H21N5O2S. The second-order valence-electron chi connectivity index (χ2n) is 6.59. The van der Waals surface area contributed by atoms with Gasteiger partial charge in [-0.15, -0.1) is 11.8 Å². The normalized spacial score (nSPS) is 10.1. The standard InChI is InChI=1S/C24H21N5O2S/c1-2-31-20-11-7-6-10-19(20)28-21(30)12-13-32-24-18(15-26)22(16-8-4-3-5-9-16)17(14-25)23(27)29-24/h3-11H,2,12-13H2,1H3,(H2,27,29)(H,28,30). The molecule has 0 aliphatic heterocycles. The number of hydrogen-bond donors (Lipinski definition) is 2. The zero-order valence-electron chi connectivity index (χ0n) is 17.5. The zero-order chi connectivity index (χ0) is 22.9. The predicted octanol–water partition coefficient (Wildman–Crippen LogP) is 4.59. The molecular weight excluding hydrogens is 422 g/mol. The Morgan fingerprint density at radius 3 is 2.47 bits per heavy atom. The van der Waals surface area contributed by atoms with Gasteiger partial charge in [0.05, 0.1) is 17.9 Å². The SMILES string of the molecule is CCOc1ccccc1NC(=O)CCSc1nc(N)c(C#N)c(-c2ccccc2)c1C#N. The molecule has 0 aliphatic carbocycles. The van der Waals surface area contributed by atoms with Gasteiger partial charge in [-0.1, -0.05) is 42.5 Å². The minimum Gasteiger partial charge on any atom is -0.492 e. The molecule has 0 saturated heterocycles. The fourth-order valence-electron chi connectivity index (χ4n) is 3.10. The summed E-state index contributed by atoms with van der Waals surface area (Å²) in [5.41, 5.74) is 8.24. The monoisotopic (exact) mass is 443 g/mol. The van der Waals surface area contributed by atoms with Gasteiger partial charge in [-0.2, -0.15) is 10.5 Å². The van der Waals surface area contributed by atoms with E-state index in [0.29, 0.717) is 39.9 Å². The van der Waals surface area contributed by atoms with Crippen LogP contribution in [0.2, 0.25) is 0 Å². The van der Waals surface area contributed by atoms with E-state index in [9.17, 15) is 15.3 Å². The maximum atomic E-state index is 12.4. The molecule has 0 spiro atoms. The van der Waals surface area contributed by atoms with Crippen LogP contribution in [0.3, 0.4) is 0 Å². The third-order valence-electron chi connectivity index (χ3n) is 4.51. The van der Waals surface area contributed by atoms with Gasteiger partial charge in [-0.05, 0) is 24.6 Å². The number of nitrogens with zero attached hydrogens (tertiary/aromatic N) is 3. The smallest absolute Gasteiger partial charge is 0.225 e. The van der Waals surface area contributed by atoms with Crippen molar-refractivity contribution in [3.05, 3.63) is 65.7 Å². The number of hydrogen-bond acceptors (Lipinski definition) is 7. The lowest BCUT2D eigenvalue weighted by Gasteiger charge is -2.13. The van der Waals surface area contributed by atoms with Crippen molar-refractivity contribution in [1.82, 2.24) is 4.98 Å². The molecule has 8 heteroatoms. The quantitative estimate of drug-likeness (QED) is 0.488. The first-order chi connectivity index (χ1) is 15.6. The Labute approximate surface area is 190 Å². The van der Waals surface area contributed by atoms with E-state index in [0.717, 1.165) is 0 Å². The summed E-state index contributed by atoms with van der Waals surface area (Å²) in [6.07, 6.45) is 0.193. The summed E-state index contributed by atoms with van der Waals surface area (Å²) in [5, 5.41) is 22.6. The van der Waals surface area contributed by atoms with E-state index in [1.54, 1.807) is 12.1 Å². The molecule has 2 aromatic carbocycles. The van der Waals surface area contributed by atoms with Crippen LogP contribution in [-0.4, -0.2) is 23.3 Å². The number of ether oxygens (including phenoxy) is 1. The molecule has 0 unspecified atom stereocenters. The number of thioether (sulfide) groups is 1. The number of nitrogens with two attached hydrogens (primary N) is 1. The Balaban J connectivity index is 1.77. The first-order valence-corrected chi connectivity index (χ1v) is 10.9. The van der Waals surface area contributed by atoms with Crippen LogP contribution < -0.4 is 15.8 Å². The lowest BCUT2D eigenvalue weighted by Crippen LogP contribution is -2.13. The summed E-state index contributed by atoms with van der Waals surface area (Å²) in [4.78, 5) is 16.7. The molecule has 1 heterocycles. The molecule has 0 atom stereocenters. The highest BCUT2D eigenvalue weighted by Gasteiger charge is 2.20. The minimum absolute atomic E-state index is 0.0583. The largest absolute Gasteiger partial charge is 0.492 e. The molecule has 32 heavy (non-hydrogen) atoms. The van der Waals surface area contributed by atoms with Crippen LogP contribution in [0.4, 0.5) is 11.5 Å². The third-order valence-corrected chi connectivity index (χ3v) is 5.48. The van der Waals surface area contributed by atoms with Crippen LogP contribution in [0.25, 0.3) is 11.1 Å². The van der Waals surface area contributed by atoms with Gasteiger partial charge in [0, 0.05) is 17.7 Å². The summed E-state index contributed by atoms with van der Waals surface area (Å²) < 4.78 is 5.53. The first kappa shape index (κ1) is 22.7. The fraction of sp³-hybridized carbons (Fsp3) is 0.167. The molecule has 0 saturated carbocycles. The molecule has 3 rings (SSSR count). The van der Waals surface area contributed by atoms with Gasteiger partial charge in [-0.3, -0.25) is 4.79 Å². The van der Waals surface area contributed by atoms with Crippen molar-refractivity contribution in [3.8, 4) is 29.0 Å². The number of para-hydroxylation sites is 2. The van der Waals surface area contributed by atoms with Crippen molar-refractivity contribution in [2.75, 3.05) is 23.4 Å². The van der Waals surface area contributed by atoms with Crippen molar-refractivity contribution in [1.29, 1.82) is 10.5 Å². The minimum atomic E-state index is -0.187. The van der Waals surface area contributed by atoms with Crippen molar-refractivity contribution < 1.29 is 9.53 Å². The van der Waals surface area contributed by atoms with Crippen LogP contribution in [0, 0.1) is 22.7 Å². The maximum absolute atomic E-state index is 12.4. The van der Waals surface area contributed by atoms with E-state index in [-0.39, 0.29) is 29.3 Å². The van der Waals surface area contributed by atoms with E-state index in [2.05, 4.69) is 22.4 Å². The van der Waals surface area contributed by atoms with Gasteiger partial charge < -0.3 is 15.8 Å². The molecule has 0 aliphatic rings. The number of nitriles is 2. The zero-order valence-corrected chi connectivity index (χ0v) is 18.3. The molecule has 0 fully saturated rings. The maximum Gasteiger partial charge on any atom is 0.225 e. The van der Waals surface area contributed by atoms with E-state index >= 15 is 0 Å². The van der Waals surface area contributed by atoms with Crippen LogP contribution in [0.1, 0.15) is 24.5 Å². The molecule has 160 valence electrons. The number of carbonyl (C=O) groups excluding carboxylic acids is 1. The highest BCUT2D eigenvalue weighted by molar-refractivity contribution is 7.99. The average molecular weight is 444 g/mol. The fourth-order valence-corrected chi connectivity index (χ4v) is 4.04. The van der Waals surface area contributed by atoms with Crippen LogP contribution in [0.15, 0.2) is 59.6 Å². The molecule has 3 N–H and O–H groups in total. The lowest BCUT2D eigenvalue weighted by atomic mass is 9.97. The number of carbonyl (C=O) groups is 1. The van der Waals surface area contributed by atoms with E-state index in [4.69, 9.17) is 10.5 Å². The predicted molar refractivity (Wildman–Crippen MR) is 125 cm³/mol. The lowest BCUT2D eigenvalue weighted by molar-refractivity contribution is -0.115. The number of pyridine rings is 1. The summed E-state index contributed by atoms with van der Waals surface area (Å²) in [6, 6.07) is 20.6. The Morgan fingerprint density at radius 1 is 1.09 bits per heavy atom. The van der Waals surface area contributed by atoms with Gasteiger partial charge >= 0.3 is 0 Å². The molecule has 0 bridgehead atoms. The highest BCUT2D eigenvalue weighted by atomic mass is 32.2. The molecule has 7 nitrogen and oxygen atoms in total. The summed E-state index contributed by atoms with van der Waals surface area (Å²) in [6.45, 7) is 2.37. The van der Waals surface area contributed by atoms with E-state index < -0.39 is 0 Å². The number of benzene rings is 2. The van der Waals surface area contributed by atoms with E-state index in [1.807, 2.05) is 49.4 Å². The van der Waals surface area contributed by atoms with E-state index in [1.165, 1.54) is 11.8 Å². The number of nitrogen functional groups attached to an aromatic ring is 1. The Kier molecular flexibility index (Phi) is 7.69. The second kappa shape index (κ2) is 10.9. The van der Waals surface area contributed by atoms with Crippen LogP contribution >= 0.6 is 11.8 Å². The molecule has 0 radical (unpaired) electrons. The molecule has 3 aromatic rings. The van der Waals surface area contributed by atoms with Gasteiger partial charge in [0.1, 0.15) is 34.3 Å². The second-order valence-corrected chi connectivity index (χ2v) is 7.68. The first-order valence-electron chi connectivity index (χ1n) is 9.92. The molecule has 1 amide bonds. The number of aromatic nitrogens is 1. The van der Waals surface area contributed by atoms with Crippen molar-refractivity contribution >= 4 is 29.2 Å². The molecule has 1 aromatic heterocycles. The van der Waals surface area contributed by atoms with Gasteiger partial charge in [0.15, 0.2) is 0 Å². The summed E-state index contributed by atoms with van der Waals surface area (Å²) >= 11 is 1.25. The summed E-state index contributed by atoms with van der Waals surface area (Å²) in [5.74, 6) is 0.858. The van der Waals surface area contributed by atoms with Gasteiger partial charge in [-0.25, -0.2) is 4.98 Å². The number of rotatable bonds is 8. The highest BCUT2D eigenvalue weighted by Crippen LogP contribution is 2.35. The van der Waals surface area contributed by atoms with Gasteiger partial charge in [0.25, 0.3) is 0 Å². The van der Waals surface area contributed by atoms with Gasteiger partial charge in [0.2, 0.25) is 5.91 Å². The van der Waals surface area contributed by atoms with Crippen molar-refractivity contribution in [3.63, 3.8) is 0 Å². The number of anilines is 2. The van der Waals surface area contributed by atoms with Crippen molar-refractivity contribution in [2.24, 2.45) is 0 Å². The number of amides is 1. The van der Waals surface area contributed by atoms with Crippen molar-refractivity contribution in [2.45, 2.75) is 18.4 Å². The Morgan fingerprint density at radius 2 is 1.78 bits per heavy atom. The Hall–Kier alpha value is -4.01. The average Bonchev–Trinajstić information content (AvgIpc) is 2.80. The number of nitrogens with one attached hydrogen (secondary N) is 1. The Bertz CT molecular complexity index is 1200.